The highest BCUT2D eigenvalue weighted by molar-refractivity contribution is 7.88. The number of para-hydroxylation sites is 1. The van der Waals surface area contributed by atoms with E-state index in [0.717, 1.165) is 11.1 Å². The van der Waals surface area contributed by atoms with Gasteiger partial charge in [0.2, 0.25) is 5.24 Å². The van der Waals surface area contributed by atoms with E-state index < -0.39 is 21.1 Å². The molecule has 0 N–H and O–H groups in total. The van der Waals surface area contributed by atoms with Crippen LogP contribution in [0.15, 0.2) is 18.2 Å². The molecule has 0 saturated carbocycles. The summed E-state index contributed by atoms with van der Waals surface area (Å²) in [4.78, 5) is 10.8. The van der Waals surface area contributed by atoms with E-state index in [4.69, 9.17) is 15.8 Å². The zero-order chi connectivity index (χ0) is 15.5. The lowest BCUT2D eigenvalue weighted by Gasteiger charge is -2.19. The Morgan fingerprint density at radius 1 is 1.15 bits per heavy atom. The van der Waals surface area contributed by atoms with E-state index in [1.807, 2.05) is 45.9 Å². The molecule has 0 fully saturated rings. The van der Waals surface area contributed by atoms with Crippen molar-refractivity contribution in [2.24, 2.45) is 0 Å². The molecule has 4 nitrogen and oxygen atoms in total. The molecule has 0 spiro atoms. The number of carbonyl (C=O) groups excluding carboxylic acids is 1. The van der Waals surface area contributed by atoms with Gasteiger partial charge in [0.1, 0.15) is 5.75 Å². The fourth-order valence-electron chi connectivity index (χ4n) is 1.87. The van der Waals surface area contributed by atoms with Crippen LogP contribution in [0.1, 0.15) is 50.7 Å². The zero-order valence-corrected chi connectivity index (χ0v) is 13.6. The highest BCUT2D eigenvalue weighted by atomic mass is 35.5. The third-order valence-electron chi connectivity index (χ3n) is 2.82. The zero-order valence-electron chi connectivity index (χ0n) is 12.0. The van der Waals surface area contributed by atoms with Crippen LogP contribution >= 0.6 is 11.6 Å². The van der Waals surface area contributed by atoms with Gasteiger partial charge in [-0.05, 0) is 34.6 Å². The van der Waals surface area contributed by atoms with Crippen LogP contribution in [-0.4, -0.2) is 19.4 Å². The van der Waals surface area contributed by atoms with Gasteiger partial charge in [0, 0.05) is 0 Å². The molecule has 1 aromatic rings. The van der Waals surface area contributed by atoms with Gasteiger partial charge in [-0.25, -0.2) is 0 Å². The third kappa shape index (κ3) is 4.49. The van der Waals surface area contributed by atoms with Gasteiger partial charge >= 0.3 is 10.1 Å². The molecule has 0 saturated heterocycles. The summed E-state index contributed by atoms with van der Waals surface area (Å²) in [7, 11) is -4.03. The highest BCUT2D eigenvalue weighted by Crippen LogP contribution is 2.35. The standard InChI is InChI=1S/C14H19ClO4S/c1-9(2)11-6-5-7-12(10(3)4)14(11)19-20(17,18)8-13(15)16/h5-7,9-10H,8H2,1-4H3. The van der Waals surface area contributed by atoms with Gasteiger partial charge in [0.05, 0.1) is 0 Å². The second-order valence-electron chi connectivity index (χ2n) is 5.22. The van der Waals surface area contributed by atoms with E-state index in [9.17, 15) is 13.2 Å². The van der Waals surface area contributed by atoms with Crippen molar-refractivity contribution < 1.29 is 17.4 Å². The van der Waals surface area contributed by atoms with Crippen LogP contribution < -0.4 is 4.18 Å². The summed E-state index contributed by atoms with van der Waals surface area (Å²) < 4.78 is 28.8. The molecular weight excluding hydrogens is 300 g/mol. The third-order valence-corrected chi connectivity index (χ3v) is 4.15. The van der Waals surface area contributed by atoms with Crippen LogP contribution in [0.5, 0.6) is 5.75 Å². The number of benzene rings is 1. The summed E-state index contributed by atoms with van der Waals surface area (Å²) in [6.07, 6.45) is 0. The molecule has 0 aliphatic rings. The predicted molar refractivity (Wildman–Crippen MR) is 79.9 cm³/mol. The molecule has 0 aromatic heterocycles. The second-order valence-corrected chi connectivity index (χ2v) is 7.21. The Morgan fingerprint density at radius 3 is 1.95 bits per heavy atom. The molecule has 0 amide bonds. The van der Waals surface area contributed by atoms with Crippen molar-refractivity contribution in [3.8, 4) is 5.75 Å². The summed E-state index contributed by atoms with van der Waals surface area (Å²) in [6, 6.07) is 5.52. The minimum atomic E-state index is -4.03. The quantitative estimate of drug-likeness (QED) is 0.595. The first-order valence-electron chi connectivity index (χ1n) is 6.37. The Bertz CT molecular complexity index is 565. The molecule has 1 aromatic carbocycles. The molecule has 1 rings (SSSR count). The summed E-state index contributed by atoms with van der Waals surface area (Å²) in [6.45, 7) is 7.80. The van der Waals surface area contributed by atoms with Gasteiger partial charge in [-0.15, -0.1) is 0 Å². The minimum absolute atomic E-state index is 0.102. The molecule has 0 heterocycles. The molecule has 0 bridgehead atoms. The first-order valence-corrected chi connectivity index (χ1v) is 8.33. The fourth-order valence-corrected chi connectivity index (χ4v) is 3.06. The van der Waals surface area contributed by atoms with Crippen molar-refractivity contribution in [3.63, 3.8) is 0 Å². The Labute approximate surface area is 125 Å². The monoisotopic (exact) mass is 318 g/mol. The average molecular weight is 319 g/mol. The van der Waals surface area contributed by atoms with Gasteiger partial charge in [-0.3, -0.25) is 4.79 Å². The number of carbonyl (C=O) groups is 1. The Hall–Kier alpha value is -1.07. The Morgan fingerprint density at radius 2 is 1.60 bits per heavy atom. The summed E-state index contributed by atoms with van der Waals surface area (Å²) in [5, 5.41) is -0.960. The van der Waals surface area contributed by atoms with Crippen molar-refractivity contribution in [1.82, 2.24) is 0 Å². The molecular formula is C14H19ClO4S. The molecule has 0 unspecified atom stereocenters. The van der Waals surface area contributed by atoms with Crippen molar-refractivity contribution in [2.75, 3.05) is 5.75 Å². The summed E-state index contributed by atoms with van der Waals surface area (Å²) in [5.41, 5.74) is 1.59. The average Bonchev–Trinajstić information content (AvgIpc) is 2.25. The van der Waals surface area contributed by atoms with Crippen molar-refractivity contribution in [2.45, 2.75) is 39.5 Å². The number of halogens is 1. The smallest absolute Gasteiger partial charge is 0.317 e. The van der Waals surface area contributed by atoms with Crippen molar-refractivity contribution in [3.05, 3.63) is 29.3 Å². The lowest BCUT2D eigenvalue weighted by atomic mass is 9.94. The number of hydrogen-bond donors (Lipinski definition) is 0. The summed E-state index contributed by atoms with van der Waals surface area (Å²) >= 11 is 5.14. The lowest BCUT2D eigenvalue weighted by molar-refractivity contribution is -0.109. The largest absolute Gasteiger partial charge is 0.381 e. The topological polar surface area (TPSA) is 60.4 Å². The van der Waals surface area contributed by atoms with E-state index >= 15 is 0 Å². The van der Waals surface area contributed by atoms with Crippen LogP contribution in [0.4, 0.5) is 0 Å². The van der Waals surface area contributed by atoms with Crippen LogP contribution in [0.3, 0.4) is 0 Å². The van der Waals surface area contributed by atoms with Crippen LogP contribution in [0.25, 0.3) is 0 Å². The maximum absolute atomic E-state index is 11.8. The molecule has 0 aliphatic carbocycles. The Kier molecular flexibility index (Phi) is 5.59. The molecule has 112 valence electrons. The minimum Gasteiger partial charge on any atom is -0.381 e. The van der Waals surface area contributed by atoms with Crippen LogP contribution in [-0.2, 0) is 14.9 Å². The summed E-state index contributed by atoms with van der Waals surface area (Å²) in [5.74, 6) is -0.315. The molecule has 0 atom stereocenters. The normalized spacial score (nSPS) is 11.9. The van der Waals surface area contributed by atoms with Crippen LogP contribution in [0.2, 0.25) is 0 Å². The van der Waals surface area contributed by atoms with Gasteiger partial charge in [-0.2, -0.15) is 8.42 Å². The molecule has 0 aliphatic heterocycles. The SMILES string of the molecule is CC(C)c1cccc(C(C)C)c1OS(=O)(=O)CC(=O)Cl. The van der Waals surface area contributed by atoms with E-state index in [1.165, 1.54) is 0 Å². The van der Waals surface area contributed by atoms with E-state index in [-0.39, 0.29) is 11.8 Å². The Balaban J connectivity index is 3.31. The van der Waals surface area contributed by atoms with Gasteiger partial charge in [0.15, 0.2) is 5.75 Å². The maximum atomic E-state index is 11.8. The van der Waals surface area contributed by atoms with Crippen molar-refractivity contribution in [1.29, 1.82) is 0 Å². The molecule has 6 heteroatoms. The van der Waals surface area contributed by atoms with Crippen molar-refractivity contribution >= 4 is 27.0 Å². The lowest BCUT2D eigenvalue weighted by Crippen LogP contribution is -2.19. The molecule has 20 heavy (non-hydrogen) atoms. The first kappa shape index (κ1) is 17.0. The van der Waals surface area contributed by atoms with Crippen LogP contribution in [0, 0.1) is 0 Å². The van der Waals surface area contributed by atoms with E-state index in [0.29, 0.717) is 5.75 Å². The van der Waals surface area contributed by atoms with Gasteiger partial charge in [0.25, 0.3) is 0 Å². The van der Waals surface area contributed by atoms with E-state index in [1.54, 1.807) is 0 Å². The number of hydrogen-bond acceptors (Lipinski definition) is 4. The van der Waals surface area contributed by atoms with Gasteiger partial charge < -0.3 is 4.18 Å². The molecule has 0 radical (unpaired) electrons. The first-order chi connectivity index (χ1) is 9.14. The number of rotatable bonds is 6. The van der Waals surface area contributed by atoms with E-state index in [2.05, 4.69) is 0 Å². The maximum Gasteiger partial charge on any atom is 0.317 e. The predicted octanol–water partition coefficient (Wildman–Crippen LogP) is 3.41. The highest BCUT2D eigenvalue weighted by Gasteiger charge is 2.23. The fraction of sp³-hybridized carbons (Fsp3) is 0.500. The van der Waals surface area contributed by atoms with Gasteiger partial charge in [-0.1, -0.05) is 45.9 Å². The second kappa shape index (κ2) is 6.59.